The Labute approximate surface area is 203 Å². The van der Waals surface area contributed by atoms with E-state index in [0.717, 1.165) is 0 Å². The molecule has 4 N–H and O–H groups in total. The van der Waals surface area contributed by atoms with Crippen molar-refractivity contribution in [1.29, 1.82) is 0 Å². The largest absolute Gasteiger partial charge is 0.481 e. The number of benzene rings is 1. The predicted octanol–water partition coefficient (Wildman–Crippen LogP) is 3.01. The molecule has 1 aliphatic heterocycles. The highest BCUT2D eigenvalue weighted by Crippen LogP contribution is 2.42. The second-order valence-electron chi connectivity index (χ2n) is 9.60. The summed E-state index contributed by atoms with van der Waals surface area (Å²) in [4.78, 5) is 32.4. The van der Waals surface area contributed by atoms with Crippen LogP contribution in [0, 0.1) is 18.7 Å². The summed E-state index contributed by atoms with van der Waals surface area (Å²) < 4.78 is 48.0. The number of nitrogens with zero attached hydrogens (tertiary/aromatic N) is 3. The number of H-pyrrole nitrogens is 1. The third-order valence-corrected chi connectivity index (χ3v) is 7.37. The van der Waals surface area contributed by atoms with Crippen LogP contribution in [0.25, 0.3) is 11.0 Å². The Morgan fingerprint density at radius 2 is 1.97 bits per heavy atom. The van der Waals surface area contributed by atoms with E-state index in [9.17, 15) is 23.5 Å². The molecule has 2 aliphatic rings. The van der Waals surface area contributed by atoms with Crippen molar-refractivity contribution >= 4 is 22.9 Å². The van der Waals surface area contributed by atoms with Gasteiger partial charge in [-0.2, -0.15) is 0 Å². The first-order valence-corrected chi connectivity index (χ1v) is 11.7. The second-order valence-corrected chi connectivity index (χ2v) is 9.60. The highest BCUT2D eigenvalue weighted by Gasteiger charge is 2.46. The second kappa shape index (κ2) is 8.87. The van der Waals surface area contributed by atoms with Crippen LogP contribution in [-0.4, -0.2) is 56.3 Å². The van der Waals surface area contributed by atoms with Gasteiger partial charge in [0.1, 0.15) is 22.5 Å². The number of nitrogens with one attached hydrogen (secondary N) is 3. The van der Waals surface area contributed by atoms with Crippen molar-refractivity contribution < 1.29 is 32.5 Å². The van der Waals surface area contributed by atoms with Gasteiger partial charge in [0.25, 0.3) is 5.91 Å². The number of aryl methyl sites for hydroxylation is 1. The van der Waals surface area contributed by atoms with Gasteiger partial charge in [0.2, 0.25) is 5.92 Å². The monoisotopic (exact) mass is 506 g/mol. The number of carboxylic acid groups (broad SMARTS) is 1. The van der Waals surface area contributed by atoms with Crippen molar-refractivity contribution in [3.63, 3.8) is 0 Å². The van der Waals surface area contributed by atoms with E-state index in [4.69, 9.17) is 0 Å². The highest BCUT2D eigenvalue weighted by atomic mass is 19.3. The number of amides is 1. The molecule has 1 aliphatic carbocycles. The highest BCUT2D eigenvalue weighted by molar-refractivity contribution is 5.93. The van der Waals surface area contributed by atoms with E-state index < -0.39 is 41.0 Å². The van der Waals surface area contributed by atoms with Crippen LogP contribution in [-0.2, 0) is 10.2 Å². The van der Waals surface area contributed by atoms with Gasteiger partial charge in [0.15, 0.2) is 11.5 Å². The molecule has 36 heavy (non-hydrogen) atoms. The van der Waals surface area contributed by atoms with E-state index in [-0.39, 0.29) is 66.9 Å². The smallest absolute Gasteiger partial charge is 0.315 e. The van der Waals surface area contributed by atoms with E-state index in [1.54, 1.807) is 6.07 Å². The fraction of sp³-hybridized carbons (Fsp3) is 0.522. The van der Waals surface area contributed by atoms with E-state index in [0.29, 0.717) is 12.1 Å². The minimum atomic E-state index is -2.78. The van der Waals surface area contributed by atoms with E-state index in [1.807, 2.05) is 0 Å². The number of carbonyl (C=O) groups excluding carboxylic acids is 1. The number of hydrogen-bond donors (Lipinski definition) is 4. The normalized spacial score (nSPS) is 23.1. The summed E-state index contributed by atoms with van der Waals surface area (Å²) >= 11 is 0. The Balaban J connectivity index is 1.53. The van der Waals surface area contributed by atoms with Gasteiger partial charge in [-0.3, -0.25) is 9.59 Å². The topological polar surface area (TPSA) is 146 Å². The van der Waals surface area contributed by atoms with Gasteiger partial charge in [-0.1, -0.05) is 11.2 Å². The predicted molar refractivity (Wildman–Crippen MR) is 119 cm³/mol. The Hall–Kier alpha value is -3.48. The van der Waals surface area contributed by atoms with Crippen LogP contribution in [0.15, 0.2) is 16.8 Å². The Kier molecular flexibility index (Phi) is 5.97. The molecule has 2 aromatic heterocycles. The first-order chi connectivity index (χ1) is 17.1. The Morgan fingerprint density at radius 1 is 1.22 bits per heavy atom. The number of imidazole rings is 1. The molecule has 0 bridgehead atoms. The number of carbonyl (C=O) groups is 2. The number of hydrogen-bond acceptors (Lipinski definition) is 7. The standard InChI is InChI=1S/C23H25F3N6O4/c1-11-16(32-36-31-11)20(33)30-17(12-4-6-23(25,26)7-5-12)19-28-14-3-2-13(15(24)18(14)29-19)22(21(34)35)8-9-27-10-22/h2-3,12,17,27H,4-10H2,1H3,(H,28,29)(H,30,33)(H,34,35). The zero-order chi connectivity index (χ0) is 25.7. The maximum Gasteiger partial charge on any atom is 0.315 e. The van der Waals surface area contributed by atoms with E-state index >= 15 is 4.39 Å². The number of aromatic nitrogens is 4. The van der Waals surface area contributed by atoms with Gasteiger partial charge < -0.3 is 20.7 Å². The van der Waals surface area contributed by atoms with E-state index in [1.165, 1.54) is 13.0 Å². The molecular weight excluding hydrogens is 481 g/mol. The molecule has 1 amide bonds. The quantitative estimate of drug-likeness (QED) is 0.399. The van der Waals surface area contributed by atoms with Gasteiger partial charge in [0, 0.05) is 24.9 Å². The van der Waals surface area contributed by atoms with Crippen LogP contribution in [0.2, 0.25) is 0 Å². The van der Waals surface area contributed by atoms with Gasteiger partial charge in [-0.15, -0.1) is 0 Å². The number of alkyl halides is 2. The van der Waals surface area contributed by atoms with Gasteiger partial charge in [-0.05, 0) is 49.9 Å². The fourth-order valence-corrected chi connectivity index (χ4v) is 5.25. The molecule has 0 spiro atoms. The maximum atomic E-state index is 15.7. The zero-order valence-corrected chi connectivity index (χ0v) is 19.4. The summed E-state index contributed by atoms with van der Waals surface area (Å²) in [6.45, 7) is 2.06. The lowest BCUT2D eigenvalue weighted by atomic mass is 9.79. The van der Waals surface area contributed by atoms with Crippen molar-refractivity contribution in [3.05, 3.63) is 40.7 Å². The molecule has 1 saturated carbocycles. The molecule has 3 heterocycles. The summed E-state index contributed by atoms with van der Waals surface area (Å²) in [5, 5.41) is 22.8. The summed E-state index contributed by atoms with van der Waals surface area (Å²) in [5.74, 6) is -5.52. The van der Waals surface area contributed by atoms with Gasteiger partial charge >= 0.3 is 5.97 Å². The zero-order valence-electron chi connectivity index (χ0n) is 19.4. The van der Waals surface area contributed by atoms with Crippen molar-refractivity contribution in [2.75, 3.05) is 13.1 Å². The van der Waals surface area contributed by atoms with Crippen molar-refractivity contribution in [2.24, 2.45) is 5.92 Å². The van der Waals surface area contributed by atoms with Crippen molar-refractivity contribution in [1.82, 2.24) is 30.9 Å². The summed E-state index contributed by atoms with van der Waals surface area (Å²) in [7, 11) is 0. The van der Waals surface area contributed by atoms with Crippen LogP contribution in [0.3, 0.4) is 0 Å². The number of aliphatic carboxylic acids is 1. The van der Waals surface area contributed by atoms with Crippen LogP contribution in [0.5, 0.6) is 0 Å². The number of fused-ring (bicyclic) bond motifs is 1. The molecule has 1 aromatic carbocycles. The molecule has 2 atom stereocenters. The number of rotatable bonds is 6. The molecule has 10 nitrogen and oxygen atoms in total. The first kappa shape index (κ1) is 24.2. The van der Waals surface area contributed by atoms with Gasteiger partial charge in [-0.25, -0.2) is 22.8 Å². The summed E-state index contributed by atoms with van der Waals surface area (Å²) in [6.07, 6.45) is -0.232. The Bertz CT molecular complexity index is 1310. The molecule has 2 fully saturated rings. The lowest BCUT2D eigenvalue weighted by molar-refractivity contribution is -0.143. The molecule has 13 heteroatoms. The SMILES string of the molecule is Cc1nonc1C(=O)NC(c1nc2c(F)c(C3(C(=O)O)CCNC3)ccc2[nH]1)C1CCC(F)(F)CC1. The van der Waals surface area contributed by atoms with Gasteiger partial charge in [0.05, 0.1) is 11.6 Å². The van der Waals surface area contributed by atoms with Crippen LogP contribution in [0.4, 0.5) is 13.2 Å². The van der Waals surface area contributed by atoms with Crippen LogP contribution in [0.1, 0.15) is 65.7 Å². The van der Waals surface area contributed by atoms with Crippen LogP contribution >= 0.6 is 0 Å². The molecule has 5 rings (SSSR count). The molecular formula is C23H25F3N6O4. The molecule has 1 saturated heterocycles. The lowest BCUT2D eigenvalue weighted by Crippen LogP contribution is -2.38. The van der Waals surface area contributed by atoms with E-state index in [2.05, 4.69) is 35.5 Å². The molecule has 192 valence electrons. The fourth-order valence-electron chi connectivity index (χ4n) is 5.25. The maximum absolute atomic E-state index is 15.7. The first-order valence-electron chi connectivity index (χ1n) is 11.7. The molecule has 0 radical (unpaired) electrons. The molecule has 3 aromatic rings. The lowest BCUT2D eigenvalue weighted by Gasteiger charge is -2.33. The number of halogens is 3. The van der Waals surface area contributed by atoms with Crippen molar-refractivity contribution in [3.8, 4) is 0 Å². The number of carboxylic acids is 1. The minimum Gasteiger partial charge on any atom is -0.481 e. The summed E-state index contributed by atoms with van der Waals surface area (Å²) in [6, 6.07) is 2.13. The number of aromatic amines is 1. The van der Waals surface area contributed by atoms with Crippen LogP contribution < -0.4 is 10.6 Å². The third kappa shape index (κ3) is 4.10. The third-order valence-electron chi connectivity index (χ3n) is 7.37. The Morgan fingerprint density at radius 3 is 2.58 bits per heavy atom. The summed E-state index contributed by atoms with van der Waals surface area (Å²) in [5.41, 5.74) is -0.967. The molecule has 2 unspecified atom stereocenters. The van der Waals surface area contributed by atoms with Crippen molar-refractivity contribution in [2.45, 2.75) is 56.4 Å². The average molecular weight is 506 g/mol. The average Bonchev–Trinajstić information content (AvgIpc) is 3.58. The minimum absolute atomic E-state index is 0.0211.